The van der Waals surface area contributed by atoms with Crippen LogP contribution in [0.1, 0.15) is 0 Å². The SMILES string of the molecule is O=C(CSc1nc2sccc2c(=O)[nH]1)Nc1cc(Cl)ccc1F. The fraction of sp³-hybridized carbons (Fsp3) is 0.0714. The predicted octanol–water partition coefficient (Wildman–Crippen LogP) is 3.51. The maximum absolute atomic E-state index is 13.5. The number of rotatable bonds is 4. The van der Waals surface area contributed by atoms with Crippen LogP contribution in [0.4, 0.5) is 10.1 Å². The number of nitrogens with zero attached hydrogens (tertiary/aromatic N) is 1. The molecule has 0 aliphatic carbocycles. The molecular weight excluding hydrogens is 361 g/mol. The first-order valence-electron chi connectivity index (χ1n) is 6.38. The zero-order valence-electron chi connectivity index (χ0n) is 11.4. The van der Waals surface area contributed by atoms with E-state index in [1.54, 1.807) is 11.4 Å². The summed E-state index contributed by atoms with van der Waals surface area (Å²) in [6.45, 7) is 0. The van der Waals surface area contributed by atoms with E-state index in [1.165, 1.54) is 29.5 Å². The average Bonchev–Trinajstić information content (AvgIpc) is 2.98. The van der Waals surface area contributed by atoms with E-state index in [9.17, 15) is 14.0 Å². The summed E-state index contributed by atoms with van der Waals surface area (Å²) < 4.78 is 13.5. The van der Waals surface area contributed by atoms with Crippen LogP contribution < -0.4 is 10.9 Å². The molecule has 0 unspecified atom stereocenters. The summed E-state index contributed by atoms with van der Waals surface area (Å²) in [6, 6.07) is 5.59. The number of H-pyrrole nitrogens is 1. The molecule has 0 atom stereocenters. The van der Waals surface area contributed by atoms with E-state index in [-0.39, 0.29) is 17.0 Å². The summed E-state index contributed by atoms with van der Waals surface area (Å²) >= 11 is 8.17. The Morgan fingerprint density at radius 2 is 2.26 bits per heavy atom. The fourth-order valence-corrected chi connectivity index (χ4v) is 3.48. The summed E-state index contributed by atoms with van der Waals surface area (Å²) in [5.74, 6) is -1.02. The van der Waals surface area contributed by atoms with Crippen molar-refractivity contribution in [1.82, 2.24) is 9.97 Å². The van der Waals surface area contributed by atoms with Gasteiger partial charge in [0.25, 0.3) is 5.56 Å². The lowest BCUT2D eigenvalue weighted by Crippen LogP contribution is -2.16. The number of nitrogens with one attached hydrogen (secondary N) is 2. The summed E-state index contributed by atoms with van der Waals surface area (Å²) in [5.41, 5.74) is -0.238. The van der Waals surface area contributed by atoms with Crippen molar-refractivity contribution in [2.24, 2.45) is 0 Å². The molecule has 0 spiro atoms. The maximum Gasteiger partial charge on any atom is 0.260 e. The van der Waals surface area contributed by atoms with Crippen LogP contribution in [-0.4, -0.2) is 21.6 Å². The minimum atomic E-state index is -0.570. The van der Waals surface area contributed by atoms with Crippen molar-refractivity contribution >= 4 is 56.5 Å². The number of aromatic nitrogens is 2. The van der Waals surface area contributed by atoms with Crippen LogP contribution in [0.5, 0.6) is 0 Å². The zero-order valence-corrected chi connectivity index (χ0v) is 13.8. The molecule has 2 N–H and O–H groups in total. The Labute approximate surface area is 142 Å². The number of thiophene rings is 1. The number of hydrogen-bond acceptors (Lipinski definition) is 5. The number of halogens is 2. The van der Waals surface area contributed by atoms with Crippen LogP contribution in [0.3, 0.4) is 0 Å². The molecule has 9 heteroatoms. The average molecular weight is 370 g/mol. The predicted molar refractivity (Wildman–Crippen MR) is 91.0 cm³/mol. The van der Waals surface area contributed by atoms with Gasteiger partial charge in [0.05, 0.1) is 16.8 Å². The van der Waals surface area contributed by atoms with E-state index in [4.69, 9.17) is 11.6 Å². The minimum absolute atomic E-state index is 0.0123. The van der Waals surface area contributed by atoms with Gasteiger partial charge in [-0.15, -0.1) is 11.3 Å². The van der Waals surface area contributed by atoms with Crippen molar-refractivity contribution in [1.29, 1.82) is 0 Å². The van der Waals surface area contributed by atoms with E-state index in [0.29, 0.717) is 20.4 Å². The van der Waals surface area contributed by atoms with E-state index < -0.39 is 11.7 Å². The summed E-state index contributed by atoms with van der Waals surface area (Å²) in [7, 11) is 0. The molecule has 1 aromatic carbocycles. The number of benzene rings is 1. The van der Waals surface area contributed by atoms with Crippen molar-refractivity contribution in [3.05, 3.63) is 50.8 Å². The molecule has 2 heterocycles. The lowest BCUT2D eigenvalue weighted by Gasteiger charge is -2.06. The Bertz CT molecular complexity index is 941. The number of amides is 1. The molecule has 0 saturated carbocycles. The number of hydrogen-bond donors (Lipinski definition) is 2. The van der Waals surface area contributed by atoms with Gasteiger partial charge in [-0.2, -0.15) is 0 Å². The number of fused-ring (bicyclic) bond motifs is 1. The van der Waals surface area contributed by atoms with E-state index in [0.717, 1.165) is 11.8 Å². The number of anilines is 1. The third kappa shape index (κ3) is 3.72. The molecule has 0 radical (unpaired) electrons. The van der Waals surface area contributed by atoms with Gasteiger partial charge in [0.1, 0.15) is 10.6 Å². The summed E-state index contributed by atoms with van der Waals surface area (Å²) in [4.78, 5) is 31.2. The first kappa shape index (κ1) is 16.0. The quantitative estimate of drug-likeness (QED) is 0.545. The summed E-state index contributed by atoms with van der Waals surface area (Å²) in [6.07, 6.45) is 0. The molecule has 5 nitrogen and oxygen atoms in total. The van der Waals surface area contributed by atoms with Gasteiger partial charge in [-0.3, -0.25) is 9.59 Å². The maximum atomic E-state index is 13.5. The molecular formula is C14H9ClFN3O2S2. The van der Waals surface area contributed by atoms with Gasteiger partial charge in [-0.1, -0.05) is 23.4 Å². The van der Waals surface area contributed by atoms with Crippen molar-refractivity contribution in [3.63, 3.8) is 0 Å². The largest absolute Gasteiger partial charge is 0.323 e. The second-order valence-corrected chi connectivity index (χ2v) is 6.77. The molecule has 3 aromatic rings. The Morgan fingerprint density at radius 1 is 1.43 bits per heavy atom. The van der Waals surface area contributed by atoms with Gasteiger partial charge in [-0.25, -0.2) is 9.37 Å². The van der Waals surface area contributed by atoms with E-state index in [2.05, 4.69) is 15.3 Å². The van der Waals surface area contributed by atoms with Gasteiger partial charge in [0.2, 0.25) is 5.91 Å². The lowest BCUT2D eigenvalue weighted by molar-refractivity contribution is -0.113. The van der Waals surface area contributed by atoms with Crippen LogP contribution >= 0.6 is 34.7 Å². The first-order chi connectivity index (χ1) is 11.0. The minimum Gasteiger partial charge on any atom is -0.323 e. The highest BCUT2D eigenvalue weighted by molar-refractivity contribution is 7.99. The van der Waals surface area contributed by atoms with E-state index in [1.807, 2.05) is 0 Å². The monoisotopic (exact) mass is 369 g/mol. The van der Waals surface area contributed by atoms with Crippen LogP contribution in [0.25, 0.3) is 10.2 Å². The third-order valence-corrected chi connectivity index (χ3v) is 4.77. The molecule has 0 bridgehead atoms. The van der Waals surface area contributed by atoms with Crippen LogP contribution in [0.15, 0.2) is 39.6 Å². The molecule has 23 heavy (non-hydrogen) atoms. The number of carbonyl (C=O) groups excluding carboxylic acids is 1. The number of aromatic amines is 1. The van der Waals surface area contributed by atoms with Crippen molar-refractivity contribution in [3.8, 4) is 0 Å². The van der Waals surface area contributed by atoms with Crippen molar-refractivity contribution < 1.29 is 9.18 Å². The highest BCUT2D eigenvalue weighted by atomic mass is 35.5. The second-order valence-electron chi connectivity index (χ2n) is 4.47. The lowest BCUT2D eigenvalue weighted by atomic mass is 10.3. The first-order valence-corrected chi connectivity index (χ1v) is 8.62. The Kier molecular flexibility index (Phi) is 4.65. The van der Waals surface area contributed by atoms with E-state index >= 15 is 0 Å². The molecule has 0 aliphatic heterocycles. The van der Waals surface area contributed by atoms with Gasteiger partial charge in [0.15, 0.2) is 5.16 Å². The molecule has 0 saturated heterocycles. The van der Waals surface area contributed by atoms with Gasteiger partial charge in [-0.05, 0) is 29.6 Å². The molecule has 0 aliphatic rings. The van der Waals surface area contributed by atoms with Gasteiger partial charge >= 0.3 is 0 Å². The van der Waals surface area contributed by atoms with Crippen LogP contribution in [0, 0.1) is 5.82 Å². The Balaban J connectivity index is 1.68. The second kappa shape index (κ2) is 6.69. The van der Waals surface area contributed by atoms with Crippen LogP contribution in [-0.2, 0) is 4.79 Å². The highest BCUT2D eigenvalue weighted by Crippen LogP contribution is 2.21. The molecule has 1 amide bonds. The fourth-order valence-electron chi connectivity index (χ4n) is 1.83. The Hall–Kier alpha value is -1.90. The van der Waals surface area contributed by atoms with Crippen LogP contribution in [0.2, 0.25) is 5.02 Å². The number of carbonyl (C=O) groups is 1. The third-order valence-electron chi connectivity index (χ3n) is 2.86. The number of thioether (sulfide) groups is 1. The smallest absolute Gasteiger partial charge is 0.260 e. The molecule has 0 fully saturated rings. The topological polar surface area (TPSA) is 74.8 Å². The molecule has 2 aromatic heterocycles. The zero-order chi connectivity index (χ0) is 16.4. The van der Waals surface area contributed by atoms with Crippen molar-refractivity contribution in [2.75, 3.05) is 11.1 Å². The van der Waals surface area contributed by atoms with Crippen molar-refractivity contribution in [2.45, 2.75) is 5.16 Å². The van der Waals surface area contributed by atoms with Gasteiger partial charge in [0, 0.05) is 5.02 Å². The standard InChI is InChI=1S/C14H9ClFN3O2S2/c15-7-1-2-9(16)10(5-7)17-11(20)6-23-14-18-12(21)8-3-4-22-13(8)19-14/h1-5H,6H2,(H,17,20)(H,18,19,21). The molecule has 3 rings (SSSR count). The van der Waals surface area contributed by atoms with Gasteiger partial charge < -0.3 is 10.3 Å². The Morgan fingerprint density at radius 3 is 3.09 bits per heavy atom. The summed E-state index contributed by atoms with van der Waals surface area (Å²) in [5, 5.41) is 5.39. The molecule has 118 valence electrons. The normalized spacial score (nSPS) is 10.9. The highest BCUT2D eigenvalue weighted by Gasteiger charge is 2.10.